The van der Waals surface area contributed by atoms with Crippen LogP contribution in [0.15, 0.2) is 11.6 Å². The monoisotopic (exact) mass is 412 g/mol. The average Bonchev–Trinajstić information content (AvgIpc) is 3.06. The van der Waals surface area contributed by atoms with Crippen LogP contribution in [0.25, 0.3) is 0 Å². The molecule has 2 saturated heterocycles. The van der Waals surface area contributed by atoms with Crippen LogP contribution >= 0.6 is 0 Å². The minimum atomic E-state index is -0.284. The number of rotatable bonds is 5. The zero-order valence-corrected chi connectivity index (χ0v) is 19.4. The first kappa shape index (κ1) is 20.9. The Morgan fingerprint density at radius 3 is 2.63 bits per heavy atom. The van der Waals surface area contributed by atoms with Crippen LogP contribution in [0.5, 0.6) is 0 Å². The molecule has 3 heteroatoms. The predicted octanol–water partition coefficient (Wildman–Crippen LogP) is 5.76. The van der Waals surface area contributed by atoms with Crippen molar-refractivity contribution in [3.63, 3.8) is 0 Å². The smallest absolute Gasteiger partial charge is 0.188 e. The minimum absolute atomic E-state index is 0.143. The summed E-state index contributed by atoms with van der Waals surface area (Å²) in [6.45, 7) is 10.4. The van der Waals surface area contributed by atoms with Crippen LogP contribution in [0.1, 0.15) is 85.5 Å². The molecule has 0 aromatic rings. The molecule has 0 aromatic carbocycles. The third kappa shape index (κ3) is 2.86. The SMILES string of the molecule is CC(C)CCC[C@@H](C)[C@H]1CC[C@H]2[C@@H]3[C@H]4OC[C@@]5(CCC(=O)C=C5C4=O)[C@H]3CC[C@]12C. The standard InChI is InChI=1S/C27H40O3/c1-16(2)6-5-7-17(3)19-8-9-20-23-21(11-12-26(19,20)4)27-13-10-18(28)14-22(27)24(29)25(23)30-15-27/h14,16-17,19-21,23,25H,5-13,15H2,1-4H3/t17-,19-,20+,21+,23+,25-,26-,27+/m1/s1. The molecule has 0 amide bonds. The molecule has 0 N–H and O–H groups in total. The molecule has 6 aliphatic rings. The summed E-state index contributed by atoms with van der Waals surface area (Å²) in [6, 6.07) is 0. The lowest BCUT2D eigenvalue weighted by molar-refractivity contribution is -0.206. The Balaban J connectivity index is 1.40. The summed E-state index contributed by atoms with van der Waals surface area (Å²) in [5.41, 5.74) is 1.04. The number of ether oxygens (including phenoxy) is 1. The molecule has 4 aliphatic carbocycles. The molecule has 166 valence electrons. The topological polar surface area (TPSA) is 43.4 Å². The van der Waals surface area contributed by atoms with Crippen molar-refractivity contribution >= 4 is 11.6 Å². The molecule has 0 unspecified atom stereocenters. The molecule has 2 bridgehead atoms. The van der Waals surface area contributed by atoms with Gasteiger partial charge in [-0.1, -0.05) is 47.0 Å². The second kappa shape index (κ2) is 7.29. The lowest BCUT2D eigenvalue weighted by Crippen LogP contribution is -2.66. The summed E-state index contributed by atoms with van der Waals surface area (Å²) in [5, 5.41) is 0. The van der Waals surface area contributed by atoms with E-state index in [1.807, 2.05) is 0 Å². The van der Waals surface area contributed by atoms with E-state index in [0.717, 1.165) is 29.7 Å². The summed E-state index contributed by atoms with van der Waals surface area (Å²) < 4.78 is 6.29. The van der Waals surface area contributed by atoms with E-state index in [1.54, 1.807) is 6.08 Å². The molecule has 1 spiro atoms. The summed E-state index contributed by atoms with van der Waals surface area (Å²) in [5.74, 6) is 4.19. The maximum Gasteiger partial charge on any atom is 0.188 e. The molecule has 3 nitrogen and oxygen atoms in total. The number of carbonyl (C=O) groups is 2. The number of hydrogen-bond acceptors (Lipinski definition) is 3. The lowest BCUT2D eigenvalue weighted by atomic mass is 9.44. The molecule has 8 atom stereocenters. The van der Waals surface area contributed by atoms with Crippen LogP contribution in [0.2, 0.25) is 0 Å². The third-order valence-electron chi connectivity index (χ3n) is 10.3. The molecule has 30 heavy (non-hydrogen) atoms. The highest BCUT2D eigenvalue weighted by molar-refractivity contribution is 6.08. The molecule has 6 rings (SSSR count). The molecule has 2 heterocycles. The van der Waals surface area contributed by atoms with E-state index in [9.17, 15) is 9.59 Å². The predicted molar refractivity (Wildman–Crippen MR) is 118 cm³/mol. The number of fused-ring (bicyclic) bond motifs is 2. The van der Waals surface area contributed by atoms with Gasteiger partial charge in [0.2, 0.25) is 0 Å². The fourth-order valence-corrected chi connectivity index (χ4v) is 8.86. The van der Waals surface area contributed by atoms with E-state index >= 15 is 0 Å². The van der Waals surface area contributed by atoms with Gasteiger partial charge >= 0.3 is 0 Å². The van der Waals surface area contributed by atoms with Crippen molar-refractivity contribution in [2.45, 2.75) is 91.6 Å². The summed E-state index contributed by atoms with van der Waals surface area (Å²) in [7, 11) is 0. The van der Waals surface area contributed by atoms with Gasteiger partial charge in [-0.25, -0.2) is 0 Å². The van der Waals surface area contributed by atoms with Gasteiger partial charge in [0.25, 0.3) is 0 Å². The normalized spacial score (nSPS) is 45.8. The zero-order valence-electron chi connectivity index (χ0n) is 19.4. The highest BCUT2D eigenvalue weighted by Crippen LogP contribution is 2.69. The molecule has 2 aliphatic heterocycles. The van der Waals surface area contributed by atoms with Gasteiger partial charge in [0, 0.05) is 17.4 Å². The highest BCUT2D eigenvalue weighted by Gasteiger charge is 2.68. The molecule has 5 fully saturated rings. The Morgan fingerprint density at radius 1 is 1.07 bits per heavy atom. The number of Topliss-reactive ketones (excluding diaryl/α,β-unsaturated/α-hetero) is 1. The summed E-state index contributed by atoms with van der Waals surface area (Å²) in [4.78, 5) is 25.5. The Labute approximate surface area is 182 Å². The van der Waals surface area contributed by atoms with Crippen LogP contribution in [-0.4, -0.2) is 24.3 Å². The van der Waals surface area contributed by atoms with E-state index in [2.05, 4.69) is 27.7 Å². The maximum absolute atomic E-state index is 13.4. The Bertz CT molecular complexity index is 766. The van der Waals surface area contributed by atoms with Crippen LogP contribution in [0, 0.1) is 46.3 Å². The van der Waals surface area contributed by atoms with Crippen LogP contribution < -0.4 is 0 Å². The highest BCUT2D eigenvalue weighted by atomic mass is 16.5. The summed E-state index contributed by atoms with van der Waals surface area (Å²) >= 11 is 0. The molecule has 0 aromatic heterocycles. The van der Waals surface area contributed by atoms with Gasteiger partial charge in [-0.05, 0) is 79.1 Å². The van der Waals surface area contributed by atoms with Gasteiger partial charge < -0.3 is 4.74 Å². The van der Waals surface area contributed by atoms with Crippen molar-refractivity contribution in [2.75, 3.05) is 6.61 Å². The van der Waals surface area contributed by atoms with E-state index in [4.69, 9.17) is 4.74 Å². The molecular weight excluding hydrogens is 372 g/mol. The van der Waals surface area contributed by atoms with Crippen molar-refractivity contribution in [3.05, 3.63) is 11.6 Å². The Hall–Kier alpha value is -0.960. The van der Waals surface area contributed by atoms with Crippen molar-refractivity contribution in [1.82, 2.24) is 0 Å². The third-order valence-corrected chi connectivity index (χ3v) is 10.3. The number of ketones is 2. The van der Waals surface area contributed by atoms with Gasteiger partial charge in [-0.2, -0.15) is 0 Å². The molecule has 3 saturated carbocycles. The fourth-order valence-electron chi connectivity index (χ4n) is 8.86. The van der Waals surface area contributed by atoms with Gasteiger partial charge in [0.15, 0.2) is 11.6 Å². The minimum Gasteiger partial charge on any atom is -0.369 e. The van der Waals surface area contributed by atoms with Crippen LogP contribution in [0.4, 0.5) is 0 Å². The van der Waals surface area contributed by atoms with Gasteiger partial charge in [0.05, 0.1) is 6.61 Å². The van der Waals surface area contributed by atoms with Gasteiger partial charge in [-0.15, -0.1) is 0 Å². The first-order valence-electron chi connectivity index (χ1n) is 12.7. The largest absolute Gasteiger partial charge is 0.369 e. The average molecular weight is 413 g/mol. The van der Waals surface area contributed by atoms with Crippen molar-refractivity contribution in [2.24, 2.45) is 46.3 Å². The molecule has 0 radical (unpaired) electrons. The van der Waals surface area contributed by atoms with Crippen molar-refractivity contribution in [3.8, 4) is 0 Å². The first-order valence-corrected chi connectivity index (χ1v) is 12.7. The number of carbonyl (C=O) groups excluding carboxylic acids is 2. The van der Waals surface area contributed by atoms with E-state index < -0.39 is 0 Å². The Kier molecular flexibility index (Phi) is 5.08. The van der Waals surface area contributed by atoms with Crippen LogP contribution in [-0.2, 0) is 14.3 Å². The molecular formula is C27H40O3. The summed E-state index contributed by atoms with van der Waals surface area (Å²) in [6.07, 6.45) is 12.0. The fraction of sp³-hybridized carbons (Fsp3) is 0.852. The van der Waals surface area contributed by atoms with Crippen LogP contribution in [0.3, 0.4) is 0 Å². The van der Waals surface area contributed by atoms with Crippen molar-refractivity contribution < 1.29 is 14.3 Å². The van der Waals surface area contributed by atoms with E-state index in [0.29, 0.717) is 36.2 Å². The quantitative estimate of drug-likeness (QED) is 0.576. The Morgan fingerprint density at radius 2 is 1.87 bits per heavy atom. The lowest BCUT2D eigenvalue weighted by Gasteiger charge is -2.63. The van der Waals surface area contributed by atoms with Gasteiger partial charge in [0.1, 0.15) is 6.10 Å². The second-order valence-corrected chi connectivity index (χ2v) is 12.1. The second-order valence-electron chi connectivity index (χ2n) is 12.1. The first-order chi connectivity index (χ1) is 14.3. The maximum atomic E-state index is 13.4. The zero-order chi connectivity index (χ0) is 21.3. The van der Waals surface area contributed by atoms with E-state index in [1.165, 1.54) is 44.9 Å². The van der Waals surface area contributed by atoms with E-state index in [-0.39, 0.29) is 23.1 Å². The van der Waals surface area contributed by atoms with Gasteiger partial charge in [-0.3, -0.25) is 9.59 Å². The van der Waals surface area contributed by atoms with Crippen molar-refractivity contribution in [1.29, 1.82) is 0 Å². The number of hydrogen-bond donors (Lipinski definition) is 0.